The van der Waals surface area contributed by atoms with E-state index in [9.17, 15) is 4.79 Å². The average Bonchev–Trinajstić information content (AvgIpc) is 2.16. The van der Waals surface area contributed by atoms with Crippen LogP contribution in [0.4, 0.5) is 0 Å². The maximum absolute atomic E-state index is 11.7. The van der Waals surface area contributed by atoms with Gasteiger partial charge in [-0.2, -0.15) is 0 Å². The molecule has 3 N–H and O–H groups in total. The molecule has 1 amide bonds. The molecule has 2 unspecified atom stereocenters. The monoisotopic (exact) mass is 228 g/mol. The van der Waals surface area contributed by atoms with Crippen LogP contribution in [0.25, 0.3) is 0 Å². The minimum atomic E-state index is -0.518. The number of hydrogen-bond acceptors (Lipinski definition) is 3. The van der Waals surface area contributed by atoms with Crippen LogP contribution in [-0.2, 0) is 9.53 Å². The van der Waals surface area contributed by atoms with Crippen LogP contribution < -0.4 is 11.1 Å². The van der Waals surface area contributed by atoms with Crippen LogP contribution in [0.1, 0.15) is 33.1 Å². The van der Waals surface area contributed by atoms with Crippen molar-refractivity contribution in [2.75, 3.05) is 20.3 Å². The van der Waals surface area contributed by atoms with Gasteiger partial charge in [0, 0.05) is 13.7 Å². The van der Waals surface area contributed by atoms with E-state index >= 15 is 0 Å². The van der Waals surface area contributed by atoms with Crippen molar-refractivity contribution < 1.29 is 9.53 Å². The Kier molecular flexibility index (Phi) is 4.74. The van der Waals surface area contributed by atoms with Gasteiger partial charge in [-0.05, 0) is 31.1 Å². The summed E-state index contributed by atoms with van der Waals surface area (Å²) >= 11 is 0. The molecule has 0 bridgehead atoms. The van der Waals surface area contributed by atoms with Crippen LogP contribution in [-0.4, -0.2) is 31.7 Å². The first kappa shape index (κ1) is 13.5. The van der Waals surface area contributed by atoms with Crippen molar-refractivity contribution in [3.05, 3.63) is 0 Å². The zero-order chi connectivity index (χ0) is 12.2. The van der Waals surface area contributed by atoms with Gasteiger partial charge in [-0.1, -0.05) is 13.8 Å². The third kappa shape index (κ3) is 3.19. The van der Waals surface area contributed by atoms with Gasteiger partial charge < -0.3 is 15.8 Å². The van der Waals surface area contributed by atoms with E-state index < -0.39 is 5.54 Å². The molecular formula is C12H24N2O2. The fraction of sp³-hybridized carbons (Fsp3) is 0.917. The summed E-state index contributed by atoms with van der Waals surface area (Å²) in [6.07, 6.45) is 2.87. The van der Waals surface area contributed by atoms with Gasteiger partial charge in [0.25, 0.3) is 0 Å². The Balaban J connectivity index is 2.67. The molecule has 94 valence electrons. The van der Waals surface area contributed by atoms with Gasteiger partial charge in [0.05, 0.1) is 12.1 Å². The highest BCUT2D eigenvalue weighted by atomic mass is 16.5. The third-order valence-corrected chi connectivity index (χ3v) is 3.44. The summed E-state index contributed by atoms with van der Waals surface area (Å²) < 4.78 is 5.00. The van der Waals surface area contributed by atoms with Crippen molar-refractivity contribution in [2.24, 2.45) is 17.6 Å². The average molecular weight is 228 g/mol. The molecule has 0 saturated heterocycles. The molecule has 1 aliphatic rings. The van der Waals surface area contributed by atoms with E-state index in [2.05, 4.69) is 19.2 Å². The number of nitrogens with two attached hydrogens (primary N) is 1. The Morgan fingerprint density at radius 2 is 2.00 bits per heavy atom. The second kappa shape index (κ2) is 5.64. The van der Waals surface area contributed by atoms with Crippen LogP contribution in [0.5, 0.6) is 0 Å². The molecule has 0 aromatic heterocycles. The van der Waals surface area contributed by atoms with Gasteiger partial charge >= 0.3 is 0 Å². The molecule has 0 aromatic carbocycles. The van der Waals surface area contributed by atoms with Crippen LogP contribution in [0.2, 0.25) is 0 Å². The number of nitrogens with one attached hydrogen (secondary N) is 1. The van der Waals surface area contributed by atoms with Crippen LogP contribution >= 0.6 is 0 Å². The van der Waals surface area contributed by atoms with Crippen LogP contribution in [0, 0.1) is 11.8 Å². The molecule has 16 heavy (non-hydrogen) atoms. The number of methoxy groups -OCH3 is 1. The normalized spacial score (nSPS) is 34.9. The highest BCUT2D eigenvalue weighted by molar-refractivity contribution is 5.84. The first-order valence-corrected chi connectivity index (χ1v) is 6.04. The number of amides is 1. The standard InChI is InChI=1S/C12H24N2O2/c1-9-6-10(2)8-12(7-9,11(13)15)14-4-5-16-3/h9-10,14H,4-8H2,1-3H3,(H2,13,15). The third-order valence-electron chi connectivity index (χ3n) is 3.44. The van der Waals surface area contributed by atoms with Crippen molar-refractivity contribution in [1.82, 2.24) is 5.32 Å². The molecule has 2 atom stereocenters. The minimum Gasteiger partial charge on any atom is -0.383 e. The number of ether oxygens (including phenoxy) is 1. The Morgan fingerprint density at radius 1 is 1.44 bits per heavy atom. The van der Waals surface area contributed by atoms with Crippen molar-refractivity contribution in [3.63, 3.8) is 0 Å². The lowest BCUT2D eigenvalue weighted by atomic mass is 9.71. The predicted octanol–water partition coefficient (Wildman–Crippen LogP) is 0.903. The SMILES string of the molecule is COCCNC1(C(N)=O)CC(C)CC(C)C1. The first-order valence-electron chi connectivity index (χ1n) is 6.04. The Hall–Kier alpha value is -0.610. The lowest BCUT2D eigenvalue weighted by Crippen LogP contribution is -2.59. The first-order chi connectivity index (χ1) is 7.50. The summed E-state index contributed by atoms with van der Waals surface area (Å²) in [5.74, 6) is 0.875. The largest absolute Gasteiger partial charge is 0.383 e. The molecule has 1 saturated carbocycles. The summed E-state index contributed by atoms with van der Waals surface area (Å²) in [5.41, 5.74) is 5.05. The summed E-state index contributed by atoms with van der Waals surface area (Å²) in [4.78, 5) is 11.7. The van der Waals surface area contributed by atoms with Gasteiger partial charge in [0.15, 0.2) is 0 Å². The Labute approximate surface area is 97.9 Å². The maximum atomic E-state index is 11.7. The molecule has 0 aromatic rings. The fourth-order valence-corrected chi connectivity index (χ4v) is 2.95. The van der Waals surface area contributed by atoms with E-state index in [0.29, 0.717) is 25.0 Å². The molecular weight excluding hydrogens is 204 g/mol. The minimum absolute atomic E-state index is 0.220. The van der Waals surface area contributed by atoms with Gasteiger partial charge in [-0.25, -0.2) is 0 Å². The second-order valence-corrected chi connectivity index (χ2v) is 5.22. The number of hydrogen-bond donors (Lipinski definition) is 2. The number of primary amides is 1. The Bertz CT molecular complexity index is 233. The highest BCUT2D eigenvalue weighted by Crippen LogP contribution is 2.35. The summed E-state index contributed by atoms with van der Waals surface area (Å²) in [6, 6.07) is 0. The zero-order valence-electron chi connectivity index (χ0n) is 10.6. The van der Waals surface area contributed by atoms with E-state index in [4.69, 9.17) is 10.5 Å². The van der Waals surface area contributed by atoms with Gasteiger partial charge in [-0.15, -0.1) is 0 Å². The van der Waals surface area contributed by atoms with E-state index in [1.807, 2.05) is 0 Å². The van der Waals surface area contributed by atoms with Crippen LogP contribution in [0.3, 0.4) is 0 Å². The second-order valence-electron chi connectivity index (χ2n) is 5.22. The molecule has 4 heteroatoms. The van der Waals surface area contributed by atoms with Gasteiger partial charge in [-0.3, -0.25) is 4.79 Å². The quantitative estimate of drug-likeness (QED) is 0.687. The zero-order valence-corrected chi connectivity index (χ0v) is 10.6. The molecule has 4 nitrogen and oxygen atoms in total. The molecule has 1 rings (SSSR count). The number of rotatable bonds is 5. The maximum Gasteiger partial charge on any atom is 0.237 e. The molecule has 0 radical (unpaired) electrons. The van der Waals surface area contributed by atoms with Crippen LogP contribution in [0.15, 0.2) is 0 Å². The summed E-state index contributed by atoms with van der Waals surface area (Å²) in [6.45, 7) is 5.66. The highest BCUT2D eigenvalue weighted by Gasteiger charge is 2.42. The Morgan fingerprint density at radius 3 is 2.44 bits per heavy atom. The number of carbonyl (C=O) groups excluding carboxylic acids is 1. The van der Waals surface area contributed by atoms with Gasteiger partial charge in [0.2, 0.25) is 5.91 Å². The van der Waals surface area contributed by atoms with Crippen molar-refractivity contribution >= 4 is 5.91 Å². The van der Waals surface area contributed by atoms with Gasteiger partial charge in [0.1, 0.15) is 0 Å². The molecule has 1 aliphatic carbocycles. The fourth-order valence-electron chi connectivity index (χ4n) is 2.95. The molecule has 0 spiro atoms. The van der Waals surface area contributed by atoms with Crippen molar-refractivity contribution in [3.8, 4) is 0 Å². The summed E-state index contributed by atoms with van der Waals surface area (Å²) in [7, 11) is 1.66. The van der Waals surface area contributed by atoms with Crippen molar-refractivity contribution in [2.45, 2.75) is 38.6 Å². The van der Waals surface area contributed by atoms with E-state index in [-0.39, 0.29) is 5.91 Å². The summed E-state index contributed by atoms with van der Waals surface area (Å²) in [5, 5.41) is 3.30. The smallest absolute Gasteiger partial charge is 0.237 e. The lowest BCUT2D eigenvalue weighted by Gasteiger charge is -2.41. The van der Waals surface area contributed by atoms with E-state index in [1.165, 1.54) is 6.42 Å². The van der Waals surface area contributed by atoms with E-state index in [1.54, 1.807) is 7.11 Å². The number of carbonyl (C=O) groups is 1. The predicted molar refractivity (Wildman–Crippen MR) is 64.0 cm³/mol. The topological polar surface area (TPSA) is 64.3 Å². The molecule has 0 aliphatic heterocycles. The molecule has 0 heterocycles. The lowest BCUT2D eigenvalue weighted by molar-refractivity contribution is -0.127. The molecule has 1 fully saturated rings. The van der Waals surface area contributed by atoms with Crippen molar-refractivity contribution in [1.29, 1.82) is 0 Å². The van der Waals surface area contributed by atoms with E-state index in [0.717, 1.165) is 12.8 Å².